The summed E-state index contributed by atoms with van der Waals surface area (Å²) in [5.74, 6) is -0.973. The molecule has 2 unspecified atom stereocenters. The summed E-state index contributed by atoms with van der Waals surface area (Å²) in [6.45, 7) is 1.66. The molecule has 2 atom stereocenters. The van der Waals surface area contributed by atoms with E-state index in [2.05, 4.69) is 15.9 Å². The Morgan fingerprint density at radius 3 is 2.36 bits per heavy atom. The highest BCUT2D eigenvalue weighted by Gasteiger charge is 2.41. The standard InChI is InChI=1S/C10H12BrNO2/c1-7(12)10(11,9(13)14)8-5-3-2-4-6-8/h2-7H,12H2,1H3,(H,13,14). The molecule has 76 valence electrons. The number of hydrogen-bond acceptors (Lipinski definition) is 2. The van der Waals surface area contributed by atoms with Crippen molar-refractivity contribution in [1.29, 1.82) is 0 Å². The van der Waals surface area contributed by atoms with Gasteiger partial charge in [-0.1, -0.05) is 46.3 Å². The van der Waals surface area contributed by atoms with Gasteiger partial charge in [-0.3, -0.25) is 4.79 Å². The first-order valence-corrected chi connectivity index (χ1v) is 5.02. The molecule has 0 aliphatic rings. The fourth-order valence-electron chi connectivity index (χ4n) is 1.26. The van der Waals surface area contributed by atoms with Gasteiger partial charge in [-0.05, 0) is 12.5 Å². The number of rotatable bonds is 3. The normalized spacial score (nSPS) is 17.1. The van der Waals surface area contributed by atoms with Crippen LogP contribution in [-0.4, -0.2) is 17.1 Å². The molecule has 4 heteroatoms. The number of benzene rings is 1. The van der Waals surface area contributed by atoms with E-state index in [9.17, 15) is 4.79 Å². The molecule has 0 spiro atoms. The maximum absolute atomic E-state index is 11.1. The van der Waals surface area contributed by atoms with Gasteiger partial charge in [-0.2, -0.15) is 0 Å². The highest BCUT2D eigenvalue weighted by Crippen LogP contribution is 2.34. The second kappa shape index (κ2) is 4.11. The fraction of sp³-hybridized carbons (Fsp3) is 0.300. The van der Waals surface area contributed by atoms with Crippen LogP contribution in [0.1, 0.15) is 12.5 Å². The Morgan fingerprint density at radius 2 is 2.00 bits per heavy atom. The summed E-state index contributed by atoms with van der Waals surface area (Å²) in [4.78, 5) is 11.1. The lowest BCUT2D eigenvalue weighted by Gasteiger charge is -2.27. The number of nitrogens with two attached hydrogens (primary N) is 1. The Morgan fingerprint density at radius 1 is 1.50 bits per heavy atom. The van der Waals surface area contributed by atoms with Gasteiger partial charge in [0.25, 0.3) is 0 Å². The van der Waals surface area contributed by atoms with E-state index in [1.54, 1.807) is 31.2 Å². The summed E-state index contributed by atoms with van der Waals surface area (Å²) < 4.78 is -1.20. The smallest absolute Gasteiger partial charge is 0.326 e. The van der Waals surface area contributed by atoms with Crippen molar-refractivity contribution in [2.75, 3.05) is 0 Å². The molecule has 0 saturated carbocycles. The minimum Gasteiger partial charge on any atom is -0.480 e. The van der Waals surface area contributed by atoms with E-state index in [0.29, 0.717) is 5.56 Å². The van der Waals surface area contributed by atoms with Gasteiger partial charge in [-0.15, -0.1) is 0 Å². The van der Waals surface area contributed by atoms with Gasteiger partial charge >= 0.3 is 5.97 Å². The molecule has 1 aromatic rings. The van der Waals surface area contributed by atoms with E-state index >= 15 is 0 Å². The lowest BCUT2D eigenvalue weighted by Crippen LogP contribution is -2.44. The Hall–Kier alpha value is -0.870. The van der Waals surface area contributed by atoms with E-state index in [-0.39, 0.29) is 0 Å². The van der Waals surface area contributed by atoms with E-state index in [1.165, 1.54) is 0 Å². The van der Waals surface area contributed by atoms with Gasteiger partial charge in [0.05, 0.1) is 0 Å². The van der Waals surface area contributed by atoms with Crippen LogP contribution in [0, 0.1) is 0 Å². The van der Waals surface area contributed by atoms with Crippen molar-refractivity contribution in [3.63, 3.8) is 0 Å². The molecule has 14 heavy (non-hydrogen) atoms. The van der Waals surface area contributed by atoms with Crippen molar-refractivity contribution < 1.29 is 9.90 Å². The topological polar surface area (TPSA) is 63.3 Å². The van der Waals surface area contributed by atoms with Gasteiger partial charge in [-0.25, -0.2) is 0 Å². The van der Waals surface area contributed by atoms with Crippen LogP contribution in [0.5, 0.6) is 0 Å². The number of aliphatic carboxylic acids is 1. The SMILES string of the molecule is CC(N)C(Br)(C(=O)O)c1ccccc1. The second-order valence-corrected chi connectivity index (χ2v) is 4.42. The summed E-state index contributed by atoms with van der Waals surface area (Å²) in [5.41, 5.74) is 6.33. The molecular weight excluding hydrogens is 246 g/mol. The Bertz CT molecular complexity index is 326. The van der Waals surface area contributed by atoms with Crippen molar-refractivity contribution in [1.82, 2.24) is 0 Å². The van der Waals surface area contributed by atoms with E-state index in [0.717, 1.165) is 0 Å². The molecule has 0 saturated heterocycles. The molecule has 0 radical (unpaired) electrons. The molecule has 0 heterocycles. The van der Waals surface area contributed by atoms with E-state index in [1.807, 2.05) is 6.07 Å². The number of halogens is 1. The number of alkyl halides is 1. The van der Waals surface area contributed by atoms with Crippen LogP contribution in [0.25, 0.3) is 0 Å². The molecule has 1 rings (SSSR count). The third-order valence-corrected chi connectivity index (χ3v) is 3.65. The van der Waals surface area contributed by atoms with Gasteiger partial charge < -0.3 is 10.8 Å². The van der Waals surface area contributed by atoms with Crippen molar-refractivity contribution in [2.45, 2.75) is 17.3 Å². The summed E-state index contributed by atoms with van der Waals surface area (Å²) in [5, 5.41) is 9.13. The number of hydrogen-bond donors (Lipinski definition) is 2. The average molecular weight is 258 g/mol. The second-order valence-electron chi connectivity index (χ2n) is 3.17. The lowest BCUT2D eigenvalue weighted by atomic mass is 9.93. The predicted molar refractivity (Wildman–Crippen MR) is 58.3 cm³/mol. The van der Waals surface area contributed by atoms with Gasteiger partial charge in [0.2, 0.25) is 0 Å². The molecule has 3 nitrogen and oxygen atoms in total. The minimum atomic E-state index is -1.20. The zero-order valence-corrected chi connectivity index (χ0v) is 9.36. The molecule has 3 N–H and O–H groups in total. The van der Waals surface area contributed by atoms with Crippen LogP contribution in [0.15, 0.2) is 30.3 Å². The predicted octanol–water partition coefficient (Wildman–Crippen LogP) is 1.71. The van der Waals surface area contributed by atoms with E-state index in [4.69, 9.17) is 10.8 Å². The molecule has 0 amide bonds. The first kappa shape index (κ1) is 11.2. The van der Waals surface area contributed by atoms with Gasteiger partial charge in [0, 0.05) is 6.04 Å². The van der Waals surface area contributed by atoms with Crippen LogP contribution in [0.4, 0.5) is 0 Å². The van der Waals surface area contributed by atoms with E-state index < -0.39 is 16.3 Å². The minimum absolute atomic E-state index is 0.512. The zero-order chi connectivity index (χ0) is 10.8. The summed E-state index contributed by atoms with van der Waals surface area (Å²) in [7, 11) is 0. The summed E-state index contributed by atoms with van der Waals surface area (Å²) in [6, 6.07) is 8.38. The summed E-state index contributed by atoms with van der Waals surface area (Å²) in [6.07, 6.45) is 0. The lowest BCUT2D eigenvalue weighted by molar-refractivity contribution is -0.140. The monoisotopic (exact) mass is 257 g/mol. The number of carboxylic acids is 1. The molecule has 0 aliphatic carbocycles. The quantitative estimate of drug-likeness (QED) is 0.811. The fourth-order valence-corrected chi connectivity index (χ4v) is 1.53. The Kier molecular flexibility index (Phi) is 3.29. The first-order valence-electron chi connectivity index (χ1n) is 4.23. The maximum atomic E-state index is 11.1. The van der Waals surface area contributed by atoms with Gasteiger partial charge in [0.15, 0.2) is 4.32 Å². The average Bonchev–Trinajstić information content (AvgIpc) is 2.17. The van der Waals surface area contributed by atoms with Crippen LogP contribution < -0.4 is 5.73 Å². The van der Waals surface area contributed by atoms with Crippen molar-refractivity contribution in [3.05, 3.63) is 35.9 Å². The molecule has 0 aliphatic heterocycles. The van der Waals surface area contributed by atoms with Crippen molar-refractivity contribution in [3.8, 4) is 0 Å². The van der Waals surface area contributed by atoms with Crippen LogP contribution in [0.2, 0.25) is 0 Å². The Balaban J connectivity index is 3.20. The van der Waals surface area contributed by atoms with Crippen LogP contribution in [-0.2, 0) is 9.12 Å². The third kappa shape index (κ3) is 1.81. The Labute approximate surface area is 91.1 Å². The molecule has 0 fully saturated rings. The maximum Gasteiger partial charge on any atom is 0.326 e. The highest BCUT2D eigenvalue weighted by atomic mass is 79.9. The van der Waals surface area contributed by atoms with Crippen LogP contribution in [0.3, 0.4) is 0 Å². The number of carboxylic acid groups (broad SMARTS) is 1. The molecule has 0 bridgehead atoms. The first-order chi connectivity index (χ1) is 6.49. The molecular formula is C10H12BrNO2. The third-order valence-electron chi connectivity index (χ3n) is 2.13. The highest BCUT2D eigenvalue weighted by molar-refractivity contribution is 9.10. The van der Waals surface area contributed by atoms with Crippen LogP contribution >= 0.6 is 15.9 Å². The number of carbonyl (C=O) groups is 1. The molecule has 0 aromatic heterocycles. The van der Waals surface area contributed by atoms with Crippen molar-refractivity contribution >= 4 is 21.9 Å². The summed E-state index contributed by atoms with van der Waals surface area (Å²) >= 11 is 3.20. The zero-order valence-electron chi connectivity index (χ0n) is 7.77. The van der Waals surface area contributed by atoms with Gasteiger partial charge in [0.1, 0.15) is 0 Å². The van der Waals surface area contributed by atoms with Crippen molar-refractivity contribution in [2.24, 2.45) is 5.73 Å². The molecule has 1 aromatic carbocycles. The largest absolute Gasteiger partial charge is 0.480 e.